The number of aliphatic hydroxyl groups is 6. The highest BCUT2D eigenvalue weighted by atomic mass is 32.2. The van der Waals surface area contributed by atoms with Gasteiger partial charge in [0.25, 0.3) is 0 Å². The number of benzene rings is 1. The molecule has 5 rings (SSSR count). The Balaban J connectivity index is 1.39. The van der Waals surface area contributed by atoms with E-state index in [0.717, 1.165) is 6.26 Å². The van der Waals surface area contributed by atoms with Crippen molar-refractivity contribution in [2.75, 3.05) is 47.2 Å². The summed E-state index contributed by atoms with van der Waals surface area (Å²) < 4.78 is 70.1. The summed E-state index contributed by atoms with van der Waals surface area (Å²) in [5, 5.41) is 73.7. The molecule has 76 heavy (non-hydrogen) atoms. The Hall–Kier alpha value is -3.29. The van der Waals surface area contributed by atoms with Crippen LogP contribution in [0, 0.1) is 23.7 Å². The predicted octanol–water partition coefficient (Wildman–Crippen LogP) is 3.59. The van der Waals surface area contributed by atoms with Crippen molar-refractivity contribution in [3.63, 3.8) is 0 Å². The smallest absolute Gasteiger partial charge is 0.309 e. The van der Waals surface area contributed by atoms with Gasteiger partial charge in [-0.05, 0) is 110 Å². The van der Waals surface area contributed by atoms with Crippen molar-refractivity contribution in [3.8, 4) is 11.1 Å². The Morgan fingerprint density at radius 2 is 1.62 bits per heavy atom. The highest BCUT2D eigenvalue weighted by Crippen LogP contribution is 2.45. The van der Waals surface area contributed by atoms with E-state index in [1.54, 1.807) is 83.8 Å². The Morgan fingerprint density at radius 1 is 0.987 bits per heavy atom. The molecule has 432 valence electrons. The highest BCUT2D eigenvalue weighted by Gasteiger charge is 2.55. The second-order valence-electron chi connectivity index (χ2n) is 23.1. The summed E-state index contributed by atoms with van der Waals surface area (Å²) in [7, 11) is 1.55. The van der Waals surface area contributed by atoms with Crippen molar-refractivity contribution < 1.29 is 76.7 Å². The van der Waals surface area contributed by atoms with Gasteiger partial charge in [0.2, 0.25) is 5.91 Å². The van der Waals surface area contributed by atoms with E-state index < -0.39 is 142 Å². The maximum absolute atomic E-state index is 14.6. The molecule has 1 amide bonds. The molecule has 19 nitrogen and oxygen atoms in total. The lowest BCUT2D eigenvalue weighted by atomic mass is 9.68. The normalized spacial score (nSPS) is 38.6. The number of hydrogen-bond donors (Lipinski definition) is 7. The zero-order chi connectivity index (χ0) is 57.0. The average molecular weight is 1100 g/mol. The number of alkyl halides is 1. The van der Waals surface area contributed by atoms with Crippen LogP contribution in [0.2, 0.25) is 0 Å². The zero-order valence-corrected chi connectivity index (χ0v) is 47.8. The molecule has 3 aliphatic heterocycles. The molecule has 0 bridgehead atoms. The number of pyridine rings is 1. The minimum atomic E-state index is -3.48. The maximum atomic E-state index is 14.6. The molecule has 1 aromatic heterocycles. The Labute approximate surface area is 449 Å². The van der Waals surface area contributed by atoms with Crippen LogP contribution in [0.1, 0.15) is 113 Å². The molecule has 2 aromatic rings. The number of carbonyl (C=O) groups excluding carboxylic acids is 2. The van der Waals surface area contributed by atoms with Gasteiger partial charge in [0.05, 0.1) is 47.6 Å². The standard InChI is InChI=1S/C55H89FN4O15S/c1-15-42-55(10,68)48(64)34(6)60(12)29-30(2)25-53(8,67)50(32(4)45(33(5)51(66)74-42)41-26-54(9,71-13)49(65)35(7)73-41)75-52-47(63)40(24-31(3)72-52)59(11)23-22-43(61)58-39(27-56)46(62)37-18-16-36(17-19-37)38-20-21-44(57-28-38)76(14,69)70/h16-21,28,30-35,39-42,45-50,52,62-65,67-68H,15,22-27,29H2,1-14H3,(H,58,61)/t30-,31-,32+,33-,34-,35+,39-,40+,41?,42-,45+,46-,47-,48-,49+,50-,52+,53-,54-,55-/m1/s1. The third kappa shape index (κ3) is 14.7. The number of nitrogens with zero attached hydrogens (tertiary/aromatic N) is 3. The molecule has 20 atom stereocenters. The topological polar surface area (TPSA) is 267 Å². The average Bonchev–Trinajstić information content (AvgIpc) is 3.36. The monoisotopic (exact) mass is 1100 g/mol. The van der Waals surface area contributed by atoms with E-state index >= 15 is 0 Å². The molecule has 3 fully saturated rings. The van der Waals surface area contributed by atoms with Crippen molar-refractivity contribution in [2.45, 2.75) is 203 Å². The Kier molecular flexibility index (Phi) is 21.6. The number of sulfone groups is 1. The minimum absolute atomic E-state index is 0.0678. The summed E-state index contributed by atoms with van der Waals surface area (Å²) in [4.78, 5) is 35.7. The first-order valence-corrected chi connectivity index (χ1v) is 28.6. The summed E-state index contributed by atoms with van der Waals surface area (Å²) in [5.74, 6) is -4.05. The van der Waals surface area contributed by atoms with E-state index in [4.69, 9.17) is 23.7 Å². The number of nitrogens with one attached hydrogen (secondary N) is 1. The van der Waals surface area contributed by atoms with Crippen LogP contribution in [0.15, 0.2) is 47.6 Å². The molecule has 4 heterocycles. The van der Waals surface area contributed by atoms with E-state index in [2.05, 4.69) is 10.3 Å². The van der Waals surface area contributed by atoms with Crippen LogP contribution in [0.4, 0.5) is 4.39 Å². The van der Waals surface area contributed by atoms with E-state index in [1.807, 2.05) is 32.7 Å². The number of likely N-dealkylation sites (N-methyl/N-ethyl adjacent to an activating group) is 2. The third-order valence-electron chi connectivity index (χ3n) is 16.7. The second kappa shape index (κ2) is 25.9. The number of rotatable bonds is 15. The highest BCUT2D eigenvalue weighted by molar-refractivity contribution is 7.90. The van der Waals surface area contributed by atoms with Crippen molar-refractivity contribution >= 4 is 21.7 Å². The first-order valence-electron chi connectivity index (χ1n) is 26.7. The summed E-state index contributed by atoms with van der Waals surface area (Å²) in [5.41, 5.74) is -3.00. The number of methoxy groups -OCH3 is 1. The maximum Gasteiger partial charge on any atom is 0.309 e. The van der Waals surface area contributed by atoms with Gasteiger partial charge in [0, 0.05) is 69.1 Å². The number of halogens is 1. The van der Waals surface area contributed by atoms with Crippen LogP contribution in [0.25, 0.3) is 11.1 Å². The van der Waals surface area contributed by atoms with E-state index in [9.17, 15) is 53.0 Å². The summed E-state index contributed by atoms with van der Waals surface area (Å²) >= 11 is 0. The van der Waals surface area contributed by atoms with E-state index in [1.165, 1.54) is 26.3 Å². The largest absolute Gasteiger partial charge is 0.459 e. The van der Waals surface area contributed by atoms with Gasteiger partial charge in [-0.1, -0.05) is 52.0 Å². The fraction of sp³-hybridized carbons (Fsp3) is 0.764. The Morgan fingerprint density at radius 3 is 2.18 bits per heavy atom. The van der Waals surface area contributed by atoms with Gasteiger partial charge in [-0.15, -0.1) is 0 Å². The molecule has 1 aromatic carbocycles. The van der Waals surface area contributed by atoms with Gasteiger partial charge in [-0.3, -0.25) is 9.59 Å². The number of amides is 1. The zero-order valence-electron chi connectivity index (χ0n) is 47.0. The molecule has 0 saturated carbocycles. The van der Waals surface area contributed by atoms with E-state index in [0.29, 0.717) is 29.7 Å². The van der Waals surface area contributed by atoms with Gasteiger partial charge in [-0.2, -0.15) is 0 Å². The molecule has 3 saturated heterocycles. The number of hydrogen-bond acceptors (Lipinski definition) is 18. The van der Waals surface area contributed by atoms with Crippen LogP contribution in [0.3, 0.4) is 0 Å². The molecular weight excluding hydrogens is 1010 g/mol. The number of cyclic esters (lactones) is 1. The minimum Gasteiger partial charge on any atom is -0.459 e. The quantitative estimate of drug-likeness (QED) is 0.126. The number of aromatic nitrogens is 1. The first kappa shape index (κ1) is 63.5. The molecule has 3 aliphatic rings. The van der Waals surface area contributed by atoms with Crippen molar-refractivity contribution in [2.24, 2.45) is 23.7 Å². The van der Waals surface area contributed by atoms with Crippen LogP contribution < -0.4 is 5.32 Å². The van der Waals surface area contributed by atoms with Crippen LogP contribution >= 0.6 is 0 Å². The van der Waals surface area contributed by atoms with Gasteiger partial charge in [0.15, 0.2) is 21.2 Å². The lowest BCUT2D eigenvalue weighted by Gasteiger charge is -2.51. The number of ether oxygens (including phenoxy) is 5. The molecule has 0 aliphatic carbocycles. The van der Waals surface area contributed by atoms with Crippen LogP contribution in [-0.2, 0) is 43.1 Å². The summed E-state index contributed by atoms with van der Waals surface area (Å²) in [6.07, 6.45) is -7.61. The van der Waals surface area contributed by atoms with Gasteiger partial charge >= 0.3 is 5.97 Å². The molecule has 7 N–H and O–H groups in total. The van der Waals surface area contributed by atoms with Gasteiger partial charge < -0.3 is 69.4 Å². The molecule has 1 unspecified atom stereocenters. The van der Waals surface area contributed by atoms with E-state index in [-0.39, 0.29) is 43.2 Å². The molecule has 0 radical (unpaired) electrons. The van der Waals surface area contributed by atoms with Crippen LogP contribution in [-0.4, -0.2) is 203 Å². The van der Waals surface area contributed by atoms with Crippen molar-refractivity contribution in [1.82, 2.24) is 20.1 Å². The SMILES string of the molecule is CC[C@H]1OC(=O)[C@H](C)[C@@H](C2C[C@@](C)(OC)[C@@H](O)[C@H](C)O2)[C@H](C)[C@@H](O[C@@H]2O[C@H](C)C[C@H](N(C)CCC(=O)N[C@H](CF)[C@H](O)c3ccc(-c4ccc(S(C)(=O)=O)nc4)cc3)[C@H]2O)[C@](C)(O)C[C@@H](C)CN(C)[C@H](C)[C@@H](O)[C@]1(C)O. The summed E-state index contributed by atoms with van der Waals surface area (Å²) in [6.45, 7) is 16.8. The lowest BCUT2D eigenvalue weighted by molar-refractivity contribution is -0.302. The van der Waals surface area contributed by atoms with Crippen molar-refractivity contribution in [3.05, 3.63) is 48.2 Å². The lowest BCUT2D eigenvalue weighted by Crippen LogP contribution is -2.62. The number of esters is 1. The second-order valence-corrected chi connectivity index (χ2v) is 25.0. The van der Waals surface area contributed by atoms with Gasteiger partial charge in [-0.25, -0.2) is 17.8 Å². The third-order valence-corrected chi connectivity index (χ3v) is 17.8. The predicted molar refractivity (Wildman–Crippen MR) is 282 cm³/mol. The fourth-order valence-corrected chi connectivity index (χ4v) is 12.6. The molecular formula is C55H89FN4O15S. The number of carbonyl (C=O) groups is 2. The Bertz CT molecular complexity index is 2320. The molecule has 21 heteroatoms. The summed E-state index contributed by atoms with van der Waals surface area (Å²) in [6, 6.07) is 7.01. The molecule has 0 spiro atoms. The fourth-order valence-electron chi connectivity index (χ4n) is 12.0. The van der Waals surface area contributed by atoms with Gasteiger partial charge in [0.1, 0.15) is 42.8 Å². The van der Waals surface area contributed by atoms with Crippen LogP contribution in [0.5, 0.6) is 0 Å². The first-order chi connectivity index (χ1) is 35.3. The van der Waals surface area contributed by atoms with Crippen molar-refractivity contribution in [1.29, 1.82) is 0 Å². The number of aliphatic hydroxyl groups excluding tert-OH is 4.